The number of thiophene rings is 1. The predicted molar refractivity (Wildman–Crippen MR) is 95.0 cm³/mol. The Kier molecular flexibility index (Phi) is 4.30. The molecule has 2 N–H and O–H groups in total. The van der Waals surface area contributed by atoms with E-state index in [9.17, 15) is 9.90 Å². The summed E-state index contributed by atoms with van der Waals surface area (Å²) in [4.78, 5) is 16.9. The maximum atomic E-state index is 12.6. The highest BCUT2D eigenvalue weighted by atomic mass is 32.1. The maximum Gasteiger partial charge on any atom is 0.168 e. The SMILES string of the molecule is CCCC(=O)c1c(Nc2ccc(O)cc2C)sc2cccnc12. The van der Waals surface area contributed by atoms with Crippen molar-refractivity contribution in [3.8, 4) is 5.75 Å². The Labute approximate surface area is 138 Å². The number of carbonyl (C=O) groups is 1. The van der Waals surface area contributed by atoms with E-state index in [4.69, 9.17) is 0 Å². The minimum atomic E-state index is 0.108. The van der Waals surface area contributed by atoms with Crippen LogP contribution in [0.5, 0.6) is 5.75 Å². The largest absolute Gasteiger partial charge is 0.508 e. The van der Waals surface area contributed by atoms with Gasteiger partial charge in [-0.1, -0.05) is 6.92 Å². The van der Waals surface area contributed by atoms with Crippen molar-refractivity contribution in [2.24, 2.45) is 0 Å². The molecule has 118 valence electrons. The molecule has 0 fully saturated rings. The molecule has 2 heterocycles. The first-order chi connectivity index (χ1) is 11.1. The van der Waals surface area contributed by atoms with E-state index in [1.165, 1.54) is 11.3 Å². The van der Waals surface area contributed by atoms with Gasteiger partial charge in [0, 0.05) is 18.3 Å². The Morgan fingerprint density at radius 2 is 2.17 bits per heavy atom. The van der Waals surface area contributed by atoms with E-state index in [1.807, 2.05) is 32.0 Å². The average molecular weight is 326 g/mol. The van der Waals surface area contributed by atoms with Gasteiger partial charge in [-0.05, 0) is 49.2 Å². The van der Waals surface area contributed by atoms with Crippen LogP contribution in [0.3, 0.4) is 0 Å². The van der Waals surface area contributed by atoms with E-state index in [0.29, 0.717) is 12.0 Å². The summed E-state index contributed by atoms with van der Waals surface area (Å²) in [6.45, 7) is 3.91. The Balaban J connectivity index is 2.09. The molecule has 0 aliphatic carbocycles. The number of carbonyl (C=O) groups excluding carboxylic acids is 1. The number of nitrogens with one attached hydrogen (secondary N) is 1. The topological polar surface area (TPSA) is 62.2 Å². The molecule has 0 saturated carbocycles. The van der Waals surface area contributed by atoms with Crippen molar-refractivity contribution in [2.45, 2.75) is 26.7 Å². The summed E-state index contributed by atoms with van der Waals surface area (Å²) >= 11 is 1.53. The van der Waals surface area contributed by atoms with Gasteiger partial charge >= 0.3 is 0 Å². The third-order valence-corrected chi connectivity index (χ3v) is 4.72. The van der Waals surface area contributed by atoms with Gasteiger partial charge < -0.3 is 10.4 Å². The average Bonchev–Trinajstić information content (AvgIpc) is 2.88. The lowest BCUT2D eigenvalue weighted by molar-refractivity contribution is 0.0984. The van der Waals surface area contributed by atoms with Crippen molar-refractivity contribution in [1.82, 2.24) is 4.98 Å². The van der Waals surface area contributed by atoms with Crippen LogP contribution in [0, 0.1) is 6.92 Å². The van der Waals surface area contributed by atoms with Gasteiger partial charge in [0.05, 0.1) is 15.8 Å². The smallest absolute Gasteiger partial charge is 0.168 e. The Morgan fingerprint density at radius 1 is 1.35 bits per heavy atom. The number of benzene rings is 1. The molecule has 4 nitrogen and oxygen atoms in total. The van der Waals surface area contributed by atoms with Crippen LogP contribution < -0.4 is 5.32 Å². The molecule has 1 aromatic carbocycles. The zero-order chi connectivity index (χ0) is 16.4. The predicted octanol–water partition coefficient (Wildman–Crippen LogP) is 5.04. The van der Waals surface area contributed by atoms with Gasteiger partial charge in [0.2, 0.25) is 0 Å². The van der Waals surface area contributed by atoms with E-state index in [-0.39, 0.29) is 11.5 Å². The van der Waals surface area contributed by atoms with Crippen LogP contribution in [-0.2, 0) is 0 Å². The van der Waals surface area contributed by atoms with Crippen molar-refractivity contribution < 1.29 is 9.90 Å². The summed E-state index contributed by atoms with van der Waals surface area (Å²) in [6, 6.07) is 9.00. The number of aromatic nitrogens is 1. The van der Waals surface area contributed by atoms with Crippen LogP contribution in [0.4, 0.5) is 10.7 Å². The molecule has 0 amide bonds. The molecule has 0 atom stereocenters. The fourth-order valence-corrected chi connectivity index (χ4v) is 3.63. The second-order valence-electron chi connectivity index (χ2n) is 5.45. The molecule has 0 unspecified atom stereocenters. The maximum absolute atomic E-state index is 12.6. The first-order valence-corrected chi connectivity index (χ1v) is 8.39. The number of fused-ring (bicyclic) bond motifs is 1. The molecule has 0 saturated heterocycles. The summed E-state index contributed by atoms with van der Waals surface area (Å²) in [5.41, 5.74) is 3.22. The van der Waals surface area contributed by atoms with Gasteiger partial charge in [-0.2, -0.15) is 0 Å². The Bertz CT molecular complexity index is 871. The molecule has 23 heavy (non-hydrogen) atoms. The monoisotopic (exact) mass is 326 g/mol. The minimum Gasteiger partial charge on any atom is -0.508 e. The number of hydrogen-bond donors (Lipinski definition) is 2. The van der Waals surface area contributed by atoms with Crippen LogP contribution in [0.2, 0.25) is 0 Å². The van der Waals surface area contributed by atoms with Crippen molar-refractivity contribution in [3.63, 3.8) is 0 Å². The lowest BCUT2D eigenvalue weighted by atomic mass is 10.1. The van der Waals surface area contributed by atoms with Crippen molar-refractivity contribution in [3.05, 3.63) is 47.7 Å². The number of ketones is 1. The quantitative estimate of drug-likeness (QED) is 0.509. The van der Waals surface area contributed by atoms with Crippen molar-refractivity contribution >= 4 is 38.0 Å². The number of aryl methyl sites for hydroxylation is 1. The van der Waals surface area contributed by atoms with E-state index < -0.39 is 0 Å². The normalized spacial score (nSPS) is 10.9. The first kappa shape index (κ1) is 15.5. The Morgan fingerprint density at radius 3 is 2.91 bits per heavy atom. The van der Waals surface area contributed by atoms with Crippen LogP contribution in [-0.4, -0.2) is 15.9 Å². The molecular weight excluding hydrogens is 308 g/mol. The van der Waals surface area contributed by atoms with Gasteiger partial charge in [0.25, 0.3) is 0 Å². The molecule has 0 aliphatic heterocycles. The summed E-state index contributed by atoms with van der Waals surface area (Å²) in [5, 5.41) is 13.7. The summed E-state index contributed by atoms with van der Waals surface area (Å²) in [6.07, 6.45) is 3.03. The number of anilines is 2. The number of hydrogen-bond acceptors (Lipinski definition) is 5. The second kappa shape index (κ2) is 6.38. The number of pyridine rings is 1. The van der Waals surface area contributed by atoms with E-state index in [0.717, 1.165) is 32.9 Å². The zero-order valence-corrected chi connectivity index (χ0v) is 13.9. The van der Waals surface area contributed by atoms with E-state index in [2.05, 4.69) is 10.3 Å². The number of phenols is 1. The number of phenolic OH excluding ortho intramolecular Hbond substituents is 1. The fourth-order valence-electron chi connectivity index (χ4n) is 2.54. The van der Waals surface area contributed by atoms with Crippen molar-refractivity contribution in [2.75, 3.05) is 5.32 Å². The molecule has 0 bridgehead atoms. The highest BCUT2D eigenvalue weighted by Gasteiger charge is 2.19. The number of Topliss-reactive ketones (excluding diaryl/α,β-unsaturated/α-hetero) is 1. The van der Waals surface area contributed by atoms with Crippen LogP contribution in [0.15, 0.2) is 36.5 Å². The Hall–Kier alpha value is -2.40. The van der Waals surface area contributed by atoms with Gasteiger partial charge in [0.1, 0.15) is 10.8 Å². The first-order valence-electron chi connectivity index (χ1n) is 7.57. The van der Waals surface area contributed by atoms with Gasteiger partial charge in [-0.15, -0.1) is 11.3 Å². The summed E-state index contributed by atoms with van der Waals surface area (Å²) in [5.74, 6) is 0.338. The van der Waals surface area contributed by atoms with E-state index in [1.54, 1.807) is 18.3 Å². The van der Waals surface area contributed by atoms with Crippen LogP contribution in [0.1, 0.15) is 35.7 Å². The van der Waals surface area contributed by atoms with Crippen LogP contribution >= 0.6 is 11.3 Å². The molecule has 5 heteroatoms. The number of rotatable bonds is 5. The highest BCUT2D eigenvalue weighted by Crippen LogP contribution is 2.38. The number of nitrogens with zero attached hydrogens (tertiary/aromatic N) is 1. The fraction of sp³-hybridized carbons (Fsp3) is 0.222. The highest BCUT2D eigenvalue weighted by molar-refractivity contribution is 7.23. The standard InChI is InChI=1S/C18H18N2O2S/c1-3-5-14(22)16-17-15(6-4-9-19-17)23-18(16)20-13-8-7-12(21)10-11(13)2/h4,6-10,20-21H,3,5H2,1-2H3. The van der Waals surface area contributed by atoms with E-state index >= 15 is 0 Å². The van der Waals surface area contributed by atoms with Crippen molar-refractivity contribution in [1.29, 1.82) is 0 Å². The number of aromatic hydroxyl groups is 1. The van der Waals surface area contributed by atoms with Gasteiger partial charge in [0.15, 0.2) is 5.78 Å². The van der Waals surface area contributed by atoms with Gasteiger partial charge in [-0.25, -0.2) is 0 Å². The zero-order valence-electron chi connectivity index (χ0n) is 13.1. The van der Waals surface area contributed by atoms with Crippen LogP contribution in [0.25, 0.3) is 10.2 Å². The summed E-state index contributed by atoms with van der Waals surface area (Å²) < 4.78 is 0.992. The molecule has 0 radical (unpaired) electrons. The lowest BCUT2D eigenvalue weighted by Gasteiger charge is -2.10. The molecule has 0 aliphatic rings. The molecular formula is C18H18N2O2S. The minimum absolute atomic E-state index is 0.108. The third-order valence-electron chi connectivity index (χ3n) is 3.66. The van der Waals surface area contributed by atoms with Gasteiger partial charge in [-0.3, -0.25) is 9.78 Å². The molecule has 0 spiro atoms. The molecule has 3 rings (SSSR count). The summed E-state index contributed by atoms with van der Waals surface area (Å²) in [7, 11) is 0. The third kappa shape index (κ3) is 3.05. The molecule has 2 aromatic heterocycles. The second-order valence-corrected chi connectivity index (χ2v) is 6.51. The molecule has 3 aromatic rings. The lowest BCUT2D eigenvalue weighted by Crippen LogP contribution is -2.02.